The molecule has 0 rings (SSSR count). The van der Waals surface area contributed by atoms with E-state index in [0.29, 0.717) is 5.92 Å². The van der Waals surface area contributed by atoms with Gasteiger partial charge < -0.3 is 10.2 Å². The van der Waals surface area contributed by atoms with E-state index in [1.54, 1.807) is 0 Å². The molecule has 0 aromatic carbocycles. The first kappa shape index (κ1) is 22.1. The molecular formula is C13H24MgO3. The summed E-state index contributed by atoms with van der Waals surface area (Å²) in [6.07, 6.45) is 5.69. The first-order valence-electron chi connectivity index (χ1n) is 5.91. The van der Waals surface area contributed by atoms with Crippen LogP contribution in [0.3, 0.4) is 0 Å². The van der Waals surface area contributed by atoms with Crippen LogP contribution in [0, 0.1) is 5.92 Å². The number of rotatable bonds is 6. The van der Waals surface area contributed by atoms with Gasteiger partial charge in [0.25, 0.3) is 0 Å². The Labute approximate surface area is 121 Å². The second-order valence-corrected chi connectivity index (χ2v) is 3.95. The predicted molar refractivity (Wildman–Crippen MR) is 68.4 cm³/mol. The third kappa shape index (κ3) is 21.7. The SMILES string of the molecule is CC(=O)C=C(C)[O-].CCCCC(CC)C[O-].[Mg+2]. The van der Waals surface area contributed by atoms with E-state index >= 15 is 0 Å². The van der Waals surface area contributed by atoms with Gasteiger partial charge in [-0.15, -0.1) is 12.4 Å². The van der Waals surface area contributed by atoms with Gasteiger partial charge in [0.15, 0.2) is 5.78 Å². The minimum Gasteiger partial charge on any atom is -0.876 e. The summed E-state index contributed by atoms with van der Waals surface area (Å²) in [7, 11) is 0. The molecule has 0 heterocycles. The summed E-state index contributed by atoms with van der Waals surface area (Å²) in [6, 6.07) is 0. The van der Waals surface area contributed by atoms with Gasteiger partial charge in [0.1, 0.15) is 0 Å². The van der Waals surface area contributed by atoms with Gasteiger partial charge in [-0.2, -0.15) is 0 Å². The normalized spacial score (nSPS) is 11.9. The number of allylic oxidation sites excluding steroid dienone is 2. The Morgan fingerprint density at radius 2 is 1.82 bits per heavy atom. The molecule has 0 aliphatic heterocycles. The average Bonchev–Trinajstić information content (AvgIpc) is 2.18. The van der Waals surface area contributed by atoms with Crippen molar-refractivity contribution in [2.45, 2.75) is 53.4 Å². The monoisotopic (exact) mass is 252 g/mol. The van der Waals surface area contributed by atoms with Crippen LogP contribution in [0.5, 0.6) is 0 Å². The average molecular weight is 253 g/mol. The van der Waals surface area contributed by atoms with Crippen LogP contribution < -0.4 is 10.2 Å². The van der Waals surface area contributed by atoms with Crippen molar-refractivity contribution in [3.8, 4) is 0 Å². The molecule has 1 unspecified atom stereocenters. The van der Waals surface area contributed by atoms with Crippen molar-refractivity contribution in [3.05, 3.63) is 11.8 Å². The number of unbranched alkanes of at least 4 members (excludes halogenated alkanes) is 1. The molecule has 17 heavy (non-hydrogen) atoms. The first-order chi connectivity index (χ1) is 7.47. The Balaban J connectivity index is -0.000000224. The Kier molecular flexibility index (Phi) is 20.8. The molecular weight excluding hydrogens is 228 g/mol. The maximum atomic E-state index is 10.4. The van der Waals surface area contributed by atoms with E-state index in [-0.39, 0.29) is 41.2 Å². The second kappa shape index (κ2) is 15.9. The summed E-state index contributed by atoms with van der Waals surface area (Å²) in [4.78, 5) is 9.98. The van der Waals surface area contributed by atoms with Crippen molar-refractivity contribution in [2.75, 3.05) is 6.61 Å². The third-order valence-electron chi connectivity index (χ3n) is 2.19. The molecule has 1 atom stereocenters. The summed E-state index contributed by atoms with van der Waals surface area (Å²) in [5.41, 5.74) is 0. The van der Waals surface area contributed by atoms with Crippen molar-refractivity contribution >= 4 is 28.8 Å². The molecule has 0 radical (unpaired) electrons. The molecule has 4 heteroatoms. The van der Waals surface area contributed by atoms with E-state index in [1.807, 2.05) is 0 Å². The molecule has 96 valence electrons. The van der Waals surface area contributed by atoms with Crippen molar-refractivity contribution in [1.82, 2.24) is 0 Å². The maximum absolute atomic E-state index is 10.4. The Morgan fingerprint density at radius 3 is 2.00 bits per heavy atom. The van der Waals surface area contributed by atoms with Crippen molar-refractivity contribution in [1.29, 1.82) is 0 Å². The Morgan fingerprint density at radius 1 is 1.29 bits per heavy atom. The fourth-order valence-corrected chi connectivity index (χ4v) is 1.18. The molecule has 0 spiro atoms. The van der Waals surface area contributed by atoms with E-state index < -0.39 is 0 Å². The predicted octanol–water partition coefficient (Wildman–Crippen LogP) is 1.02. The molecule has 0 saturated heterocycles. The second-order valence-electron chi connectivity index (χ2n) is 3.95. The molecule has 0 aliphatic carbocycles. The number of hydrogen-bond acceptors (Lipinski definition) is 3. The molecule has 3 nitrogen and oxygen atoms in total. The zero-order valence-corrected chi connectivity index (χ0v) is 13.0. The smallest absolute Gasteiger partial charge is 0.876 e. The molecule has 0 aromatic heterocycles. The van der Waals surface area contributed by atoms with Crippen molar-refractivity contribution < 1.29 is 15.0 Å². The number of carbonyl (C=O) groups is 1. The van der Waals surface area contributed by atoms with Crippen LogP contribution in [0.4, 0.5) is 0 Å². The fourth-order valence-electron chi connectivity index (χ4n) is 1.18. The van der Waals surface area contributed by atoms with Gasteiger partial charge in [-0.05, 0) is 13.0 Å². The maximum Gasteiger partial charge on any atom is 2.00 e. The fraction of sp³-hybridized carbons (Fsp3) is 0.769. The van der Waals surface area contributed by atoms with Crippen molar-refractivity contribution in [2.24, 2.45) is 5.92 Å². The minimum absolute atomic E-state index is 0. The first-order valence-corrected chi connectivity index (χ1v) is 5.91. The van der Waals surface area contributed by atoms with Crippen LogP contribution >= 0.6 is 0 Å². The van der Waals surface area contributed by atoms with Gasteiger partial charge in [0.2, 0.25) is 0 Å². The number of ketones is 1. The van der Waals surface area contributed by atoms with Crippen LogP contribution in [0.25, 0.3) is 0 Å². The molecule has 0 amide bonds. The van der Waals surface area contributed by atoms with E-state index in [2.05, 4.69) is 13.8 Å². The van der Waals surface area contributed by atoms with Gasteiger partial charge in [-0.1, -0.05) is 52.4 Å². The Hall–Kier alpha value is -0.0638. The van der Waals surface area contributed by atoms with Gasteiger partial charge in [0.05, 0.1) is 0 Å². The van der Waals surface area contributed by atoms with Crippen LogP contribution in [-0.2, 0) is 4.79 Å². The summed E-state index contributed by atoms with van der Waals surface area (Å²) < 4.78 is 0. The van der Waals surface area contributed by atoms with Crippen molar-refractivity contribution in [3.63, 3.8) is 0 Å². The van der Waals surface area contributed by atoms with E-state index in [0.717, 1.165) is 18.9 Å². The van der Waals surface area contributed by atoms with Gasteiger partial charge in [-0.25, -0.2) is 0 Å². The Bertz CT molecular complexity index is 195. The van der Waals surface area contributed by atoms with E-state index in [9.17, 15) is 15.0 Å². The van der Waals surface area contributed by atoms with E-state index in [1.165, 1.54) is 26.7 Å². The summed E-state index contributed by atoms with van der Waals surface area (Å²) in [5.74, 6) is 0.0740. The molecule has 0 saturated carbocycles. The topological polar surface area (TPSA) is 63.2 Å². The quantitative estimate of drug-likeness (QED) is 0.403. The third-order valence-corrected chi connectivity index (χ3v) is 2.19. The molecule has 0 bridgehead atoms. The van der Waals surface area contributed by atoms with Gasteiger partial charge in [-0.3, -0.25) is 4.79 Å². The van der Waals surface area contributed by atoms with Crippen LogP contribution in [0.1, 0.15) is 53.4 Å². The zero-order valence-electron chi connectivity index (χ0n) is 11.6. The number of hydrogen-bond donors (Lipinski definition) is 0. The summed E-state index contributed by atoms with van der Waals surface area (Å²) in [5, 5.41) is 20.3. The van der Waals surface area contributed by atoms with E-state index in [4.69, 9.17) is 0 Å². The largest absolute Gasteiger partial charge is 2.00 e. The van der Waals surface area contributed by atoms with Crippen LogP contribution in [0.15, 0.2) is 11.8 Å². The number of carbonyl (C=O) groups excluding carboxylic acids is 1. The molecule has 0 N–H and O–H groups in total. The summed E-state index contributed by atoms with van der Waals surface area (Å²) >= 11 is 0. The van der Waals surface area contributed by atoms with Gasteiger partial charge in [0, 0.05) is 0 Å². The zero-order chi connectivity index (χ0) is 13.0. The standard InChI is InChI=1S/C8H17O.C5H8O2.Mg/c1-3-5-6-8(4-2)7-9;1-4(6)3-5(2)7;/h8H,3-7H2,1-2H3;3,6H,1-2H3;/q-1;;+2/p-1. The minimum atomic E-state index is -0.187. The molecule has 0 fully saturated rings. The van der Waals surface area contributed by atoms with Crippen LogP contribution in [0.2, 0.25) is 0 Å². The van der Waals surface area contributed by atoms with Gasteiger partial charge >= 0.3 is 23.1 Å². The van der Waals surface area contributed by atoms with Crippen LogP contribution in [-0.4, -0.2) is 35.4 Å². The summed E-state index contributed by atoms with van der Waals surface area (Å²) in [6.45, 7) is 7.08. The molecule has 0 aromatic rings. The molecule has 0 aliphatic rings.